The normalized spacial score (nSPS) is 10.9. The second-order valence-electron chi connectivity index (χ2n) is 4.11. The third-order valence-corrected chi connectivity index (χ3v) is 3.46. The van der Waals surface area contributed by atoms with Gasteiger partial charge in [-0.2, -0.15) is 0 Å². The van der Waals surface area contributed by atoms with Crippen molar-refractivity contribution >= 4 is 54.8 Å². The molecule has 5 nitrogen and oxygen atoms in total. The van der Waals surface area contributed by atoms with Gasteiger partial charge in [-0.1, -0.05) is 31.9 Å². The molecule has 0 fully saturated rings. The topological polar surface area (TPSA) is 65.7 Å². The van der Waals surface area contributed by atoms with E-state index in [1.165, 1.54) is 6.92 Å². The molecule has 0 saturated heterocycles. The van der Waals surface area contributed by atoms with E-state index < -0.39 is 11.9 Å². The fourth-order valence-electron chi connectivity index (χ4n) is 1.89. The van der Waals surface area contributed by atoms with Gasteiger partial charge < -0.3 is 13.9 Å². The summed E-state index contributed by atoms with van der Waals surface area (Å²) >= 11 is 6.64. The van der Waals surface area contributed by atoms with Crippen LogP contribution in [0.5, 0.6) is 5.75 Å². The largest absolute Gasteiger partial charge is 0.462 e. The first-order valence-corrected chi connectivity index (χ1v) is 7.97. The Morgan fingerprint density at radius 2 is 2.05 bits per heavy atom. The lowest BCUT2D eigenvalue weighted by atomic mass is 10.1. The SMILES string of the molecule is CCOC(=O)c1c(C(Br)Br)oc2ccc(OC(C)=O)cc12. The summed E-state index contributed by atoms with van der Waals surface area (Å²) in [5, 5.41) is 0.533. The van der Waals surface area contributed by atoms with Crippen LogP contribution < -0.4 is 4.74 Å². The number of benzene rings is 1. The average molecular weight is 420 g/mol. The van der Waals surface area contributed by atoms with Crippen molar-refractivity contribution in [1.29, 1.82) is 0 Å². The molecule has 2 aromatic rings. The summed E-state index contributed by atoms with van der Waals surface area (Å²) in [4.78, 5) is 23.2. The van der Waals surface area contributed by atoms with E-state index in [-0.39, 0.29) is 10.3 Å². The first kappa shape index (κ1) is 16.0. The van der Waals surface area contributed by atoms with Gasteiger partial charge in [0, 0.05) is 12.3 Å². The van der Waals surface area contributed by atoms with Crippen LogP contribution in [-0.2, 0) is 9.53 Å². The summed E-state index contributed by atoms with van der Waals surface area (Å²) < 4.78 is 15.4. The zero-order valence-corrected chi connectivity index (χ0v) is 14.5. The van der Waals surface area contributed by atoms with E-state index in [9.17, 15) is 9.59 Å². The third kappa shape index (κ3) is 3.47. The maximum Gasteiger partial charge on any atom is 0.342 e. The molecule has 0 N–H and O–H groups in total. The van der Waals surface area contributed by atoms with Crippen molar-refractivity contribution in [2.75, 3.05) is 6.61 Å². The molecular formula is C14H12Br2O5. The molecule has 0 spiro atoms. The second-order valence-corrected chi connectivity index (χ2v) is 7.17. The van der Waals surface area contributed by atoms with Gasteiger partial charge in [0.2, 0.25) is 0 Å². The Bertz CT molecular complexity index is 690. The van der Waals surface area contributed by atoms with Gasteiger partial charge in [0.25, 0.3) is 0 Å². The van der Waals surface area contributed by atoms with E-state index in [1.54, 1.807) is 25.1 Å². The molecule has 0 unspecified atom stereocenters. The van der Waals surface area contributed by atoms with Gasteiger partial charge in [-0.05, 0) is 25.1 Å². The smallest absolute Gasteiger partial charge is 0.342 e. The van der Waals surface area contributed by atoms with E-state index in [0.29, 0.717) is 28.0 Å². The Morgan fingerprint density at radius 3 is 2.62 bits per heavy atom. The van der Waals surface area contributed by atoms with E-state index >= 15 is 0 Å². The molecule has 0 saturated carbocycles. The van der Waals surface area contributed by atoms with Crippen LogP contribution in [0.4, 0.5) is 0 Å². The summed E-state index contributed by atoms with van der Waals surface area (Å²) in [5.74, 6) is -0.179. The molecule has 7 heteroatoms. The van der Waals surface area contributed by atoms with Crippen LogP contribution in [0.3, 0.4) is 0 Å². The molecule has 0 aliphatic rings. The predicted molar refractivity (Wildman–Crippen MR) is 84.1 cm³/mol. The van der Waals surface area contributed by atoms with Crippen LogP contribution in [-0.4, -0.2) is 18.5 Å². The van der Waals surface area contributed by atoms with Gasteiger partial charge in [0.15, 0.2) is 0 Å². The zero-order chi connectivity index (χ0) is 15.6. The van der Waals surface area contributed by atoms with Crippen molar-refractivity contribution in [1.82, 2.24) is 0 Å². The first-order chi connectivity index (χ1) is 9.93. The van der Waals surface area contributed by atoms with Gasteiger partial charge in [0.1, 0.15) is 26.4 Å². The Morgan fingerprint density at radius 1 is 1.33 bits per heavy atom. The molecule has 0 aliphatic heterocycles. The maximum absolute atomic E-state index is 12.1. The average Bonchev–Trinajstić information content (AvgIpc) is 2.77. The molecule has 0 bridgehead atoms. The first-order valence-electron chi connectivity index (χ1n) is 6.14. The summed E-state index contributed by atoms with van der Waals surface area (Å²) in [6.07, 6.45) is 0. The molecule has 112 valence electrons. The number of furan rings is 1. The molecule has 0 aliphatic carbocycles. The monoisotopic (exact) mass is 418 g/mol. The number of ether oxygens (including phenoxy) is 2. The van der Waals surface area contributed by atoms with Crippen molar-refractivity contribution < 1.29 is 23.5 Å². The molecular weight excluding hydrogens is 408 g/mol. The highest BCUT2D eigenvalue weighted by molar-refractivity contribution is 9.24. The number of hydrogen-bond donors (Lipinski definition) is 0. The number of alkyl halides is 2. The number of halogens is 2. The Kier molecular flexibility index (Phi) is 5.05. The summed E-state index contributed by atoms with van der Waals surface area (Å²) in [7, 11) is 0. The van der Waals surface area contributed by atoms with Crippen LogP contribution in [0.15, 0.2) is 22.6 Å². The number of carbonyl (C=O) groups excluding carboxylic acids is 2. The summed E-state index contributed by atoms with van der Waals surface area (Å²) in [5.41, 5.74) is 0.812. The number of esters is 2. The molecule has 0 atom stereocenters. The lowest BCUT2D eigenvalue weighted by Gasteiger charge is -2.04. The molecule has 1 heterocycles. The predicted octanol–water partition coefficient (Wildman–Crippen LogP) is 4.32. The van der Waals surface area contributed by atoms with Crippen LogP contribution >= 0.6 is 31.9 Å². The molecule has 0 radical (unpaired) electrons. The number of fused-ring (bicyclic) bond motifs is 1. The van der Waals surface area contributed by atoms with Gasteiger partial charge in [-0.25, -0.2) is 4.79 Å². The highest BCUT2D eigenvalue weighted by Crippen LogP contribution is 2.39. The van der Waals surface area contributed by atoms with Gasteiger partial charge in [0.05, 0.1) is 6.61 Å². The summed E-state index contributed by atoms with van der Waals surface area (Å²) in [6, 6.07) is 4.82. The molecule has 0 amide bonds. The minimum atomic E-state index is -0.491. The Labute approximate surface area is 137 Å². The molecule has 1 aromatic heterocycles. The number of rotatable bonds is 4. The van der Waals surface area contributed by atoms with Crippen molar-refractivity contribution in [3.05, 3.63) is 29.5 Å². The highest BCUT2D eigenvalue weighted by atomic mass is 79.9. The van der Waals surface area contributed by atoms with Crippen LogP contribution in [0.25, 0.3) is 11.0 Å². The van der Waals surface area contributed by atoms with Crippen molar-refractivity contribution in [2.45, 2.75) is 17.6 Å². The van der Waals surface area contributed by atoms with Crippen LogP contribution in [0, 0.1) is 0 Å². The highest BCUT2D eigenvalue weighted by Gasteiger charge is 2.25. The maximum atomic E-state index is 12.1. The minimum absolute atomic E-state index is 0.254. The fourth-order valence-corrected chi connectivity index (χ4v) is 2.54. The number of carbonyl (C=O) groups is 2. The van der Waals surface area contributed by atoms with E-state index in [0.717, 1.165) is 0 Å². The quantitative estimate of drug-likeness (QED) is 0.419. The van der Waals surface area contributed by atoms with Crippen LogP contribution in [0.2, 0.25) is 0 Å². The fraction of sp³-hybridized carbons (Fsp3) is 0.286. The molecule has 1 aromatic carbocycles. The van der Waals surface area contributed by atoms with Gasteiger partial charge in [-0.15, -0.1) is 0 Å². The number of hydrogen-bond acceptors (Lipinski definition) is 5. The van der Waals surface area contributed by atoms with Crippen molar-refractivity contribution in [3.8, 4) is 5.75 Å². The minimum Gasteiger partial charge on any atom is -0.462 e. The van der Waals surface area contributed by atoms with Crippen molar-refractivity contribution in [3.63, 3.8) is 0 Å². The lowest BCUT2D eigenvalue weighted by Crippen LogP contribution is -2.06. The van der Waals surface area contributed by atoms with E-state index in [1.807, 2.05) is 0 Å². The van der Waals surface area contributed by atoms with Crippen LogP contribution in [0.1, 0.15) is 33.7 Å². The summed E-state index contributed by atoms with van der Waals surface area (Å²) in [6.45, 7) is 3.29. The zero-order valence-electron chi connectivity index (χ0n) is 11.3. The third-order valence-electron chi connectivity index (χ3n) is 2.63. The Balaban J connectivity index is 2.61. The molecule has 21 heavy (non-hydrogen) atoms. The van der Waals surface area contributed by atoms with Crippen molar-refractivity contribution in [2.24, 2.45) is 0 Å². The second kappa shape index (κ2) is 6.62. The lowest BCUT2D eigenvalue weighted by molar-refractivity contribution is -0.131. The molecule has 2 rings (SSSR count). The Hall–Kier alpha value is -1.34. The van der Waals surface area contributed by atoms with Gasteiger partial charge in [-0.3, -0.25) is 4.79 Å². The van der Waals surface area contributed by atoms with E-state index in [2.05, 4.69) is 31.9 Å². The van der Waals surface area contributed by atoms with E-state index in [4.69, 9.17) is 13.9 Å². The van der Waals surface area contributed by atoms with Gasteiger partial charge >= 0.3 is 11.9 Å². The standard InChI is InChI=1S/C14H12Br2O5/c1-3-19-14(18)11-9-6-8(20-7(2)17)4-5-10(9)21-12(11)13(15)16/h4-6,13H,3H2,1-2H3.